The maximum atomic E-state index is 5.49. The predicted molar refractivity (Wildman–Crippen MR) is 45.3 cm³/mol. The molecule has 0 aliphatic carbocycles. The van der Waals surface area contributed by atoms with E-state index >= 15 is 0 Å². The number of hydrogen-bond donors (Lipinski definition) is 1. The lowest BCUT2D eigenvalue weighted by Gasteiger charge is -2.12. The molecule has 0 bridgehead atoms. The van der Waals surface area contributed by atoms with Crippen LogP contribution in [0.4, 0.5) is 0 Å². The summed E-state index contributed by atoms with van der Waals surface area (Å²) in [5.74, 6) is 0. The standard InChI is InChI=1S/C7H15NOS/c1-6(4-8)10-7-2-3-9-5-7/h6-7H,2-5,8H2,1H3. The van der Waals surface area contributed by atoms with Gasteiger partial charge in [0.15, 0.2) is 0 Å². The third-order valence-corrected chi connectivity index (χ3v) is 3.06. The Balaban J connectivity index is 2.11. The van der Waals surface area contributed by atoms with E-state index in [9.17, 15) is 0 Å². The molecule has 0 aromatic heterocycles. The molecule has 1 aliphatic rings. The van der Waals surface area contributed by atoms with Crippen molar-refractivity contribution in [1.82, 2.24) is 0 Å². The van der Waals surface area contributed by atoms with E-state index in [1.165, 1.54) is 6.42 Å². The van der Waals surface area contributed by atoms with Crippen molar-refractivity contribution in [2.45, 2.75) is 23.8 Å². The monoisotopic (exact) mass is 161 g/mol. The van der Waals surface area contributed by atoms with Crippen LogP contribution in [0.15, 0.2) is 0 Å². The molecule has 10 heavy (non-hydrogen) atoms. The normalized spacial score (nSPS) is 28.8. The lowest BCUT2D eigenvalue weighted by Crippen LogP contribution is -2.17. The quantitative estimate of drug-likeness (QED) is 0.666. The Bertz CT molecular complexity index is 93.6. The van der Waals surface area contributed by atoms with Gasteiger partial charge in [0.2, 0.25) is 0 Å². The molecule has 1 saturated heterocycles. The summed E-state index contributed by atoms with van der Waals surface area (Å²) in [7, 11) is 0. The fourth-order valence-corrected chi connectivity index (χ4v) is 2.18. The summed E-state index contributed by atoms with van der Waals surface area (Å²) >= 11 is 1.96. The smallest absolute Gasteiger partial charge is 0.0585 e. The topological polar surface area (TPSA) is 35.2 Å². The minimum absolute atomic E-state index is 0.590. The lowest BCUT2D eigenvalue weighted by atomic mass is 10.4. The third-order valence-electron chi connectivity index (χ3n) is 1.64. The molecule has 1 fully saturated rings. The first-order chi connectivity index (χ1) is 4.83. The summed E-state index contributed by atoms with van der Waals surface area (Å²) in [5.41, 5.74) is 5.49. The zero-order chi connectivity index (χ0) is 7.40. The summed E-state index contributed by atoms with van der Waals surface area (Å²) in [6.07, 6.45) is 1.20. The molecule has 0 amide bonds. The highest BCUT2D eigenvalue weighted by atomic mass is 32.2. The van der Waals surface area contributed by atoms with E-state index in [1.807, 2.05) is 11.8 Å². The molecule has 0 aromatic carbocycles. The van der Waals surface area contributed by atoms with Gasteiger partial charge in [-0.05, 0) is 6.42 Å². The van der Waals surface area contributed by atoms with E-state index in [0.717, 1.165) is 19.8 Å². The molecular weight excluding hydrogens is 146 g/mol. The fourth-order valence-electron chi connectivity index (χ4n) is 1.00. The minimum atomic E-state index is 0.590. The Kier molecular flexibility index (Phi) is 3.52. The zero-order valence-corrected chi connectivity index (χ0v) is 7.19. The van der Waals surface area contributed by atoms with E-state index in [2.05, 4.69) is 6.92 Å². The molecular formula is C7H15NOS. The van der Waals surface area contributed by atoms with E-state index in [4.69, 9.17) is 10.5 Å². The molecule has 0 saturated carbocycles. The molecule has 60 valence electrons. The lowest BCUT2D eigenvalue weighted by molar-refractivity contribution is 0.199. The Labute approximate surface area is 66.5 Å². The van der Waals surface area contributed by atoms with Crippen LogP contribution >= 0.6 is 11.8 Å². The molecule has 3 heteroatoms. The Morgan fingerprint density at radius 3 is 3.10 bits per heavy atom. The highest BCUT2D eigenvalue weighted by Gasteiger charge is 2.17. The van der Waals surface area contributed by atoms with Crippen molar-refractivity contribution in [2.75, 3.05) is 19.8 Å². The van der Waals surface area contributed by atoms with Crippen molar-refractivity contribution >= 4 is 11.8 Å². The van der Waals surface area contributed by atoms with Crippen LogP contribution in [0.3, 0.4) is 0 Å². The molecule has 2 nitrogen and oxygen atoms in total. The Hall–Kier alpha value is 0.270. The fraction of sp³-hybridized carbons (Fsp3) is 1.00. The second kappa shape index (κ2) is 4.21. The molecule has 0 spiro atoms. The van der Waals surface area contributed by atoms with Crippen LogP contribution < -0.4 is 5.73 Å². The second-order valence-electron chi connectivity index (χ2n) is 2.67. The first-order valence-corrected chi connectivity index (χ1v) is 4.70. The van der Waals surface area contributed by atoms with Crippen LogP contribution in [0.1, 0.15) is 13.3 Å². The van der Waals surface area contributed by atoms with Crippen molar-refractivity contribution < 1.29 is 4.74 Å². The predicted octanol–water partition coefficient (Wildman–Crippen LogP) is 0.856. The largest absolute Gasteiger partial charge is 0.380 e. The minimum Gasteiger partial charge on any atom is -0.380 e. The highest BCUT2D eigenvalue weighted by molar-refractivity contribution is 8.00. The summed E-state index contributed by atoms with van der Waals surface area (Å²) in [6, 6.07) is 0. The maximum Gasteiger partial charge on any atom is 0.0585 e. The molecule has 0 radical (unpaired) electrons. The average Bonchev–Trinajstić information content (AvgIpc) is 2.40. The SMILES string of the molecule is CC(CN)SC1CCOC1. The van der Waals surface area contributed by atoms with Gasteiger partial charge >= 0.3 is 0 Å². The number of ether oxygens (including phenoxy) is 1. The Morgan fingerprint density at radius 1 is 1.80 bits per heavy atom. The van der Waals surface area contributed by atoms with Crippen molar-refractivity contribution in [3.05, 3.63) is 0 Å². The van der Waals surface area contributed by atoms with Gasteiger partial charge < -0.3 is 10.5 Å². The first kappa shape index (κ1) is 8.37. The molecule has 2 atom stereocenters. The molecule has 1 heterocycles. The van der Waals surface area contributed by atoms with Crippen molar-refractivity contribution in [3.8, 4) is 0 Å². The van der Waals surface area contributed by atoms with E-state index < -0.39 is 0 Å². The van der Waals surface area contributed by atoms with Crippen molar-refractivity contribution in [3.63, 3.8) is 0 Å². The van der Waals surface area contributed by atoms with Gasteiger partial charge in [0.1, 0.15) is 0 Å². The van der Waals surface area contributed by atoms with E-state index in [-0.39, 0.29) is 0 Å². The average molecular weight is 161 g/mol. The van der Waals surface area contributed by atoms with Gasteiger partial charge in [0.25, 0.3) is 0 Å². The molecule has 0 aromatic rings. The molecule has 2 N–H and O–H groups in total. The van der Waals surface area contributed by atoms with Gasteiger partial charge in [-0.25, -0.2) is 0 Å². The summed E-state index contributed by atoms with van der Waals surface area (Å²) in [6.45, 7) is 4.81. The molecule has 2 unspecified atom stereocenters. The molecule has 1 rings (SSSR count). The van der Waals surface area contributed by atoms with Gasteiger partial charge in [0.05, 0.1) is 6.61 Å². The van der Waals surface area contributed by atoms with Crippen LogP contribution in [0.2, 0.25) is 0 Å². The van der Waals surface area contributed by atoms with Gasteiger partial charge in [-0.2, -0.15) is 11.8 Å². The highest BCUT2D eigenvalue weighted by Crippen LogP contribution is 2.23. The molecule has 1 aliphatic heterocycles. The zero-order valence-electron chi connectivity index (χ0n) is 6.38. The second-order valence-corrected chi connectivity index (χ2v) is 4.41. The van der Waals surface area contributed by atoms with Gasteiger partial charge in [0, 0.05) is 23.7 Å². The number of nitrogens with two attached hydrogens (primary N) is 1. The third kappa shape index (κ3) is 2.48. The van der Waals surface area contributed by atoms with Gasteiger partial charge in [-0.3, -0.25) is 0 Å². The van der Waals surface area contributed by atoms with Gasteiger partial charge in [-0.15, -0.1) is 0 Å². The number of thioether (sulfide) groups is 1. The van der Waals surface area contributed by atoms with Crippen LogP contribution in [0.5, 0.6) is 0 Å². The van der Waals surface area contributed by atoms with Crippen LogP contribution in [0.25, 0.3) is 0 Å². The van der Waals surface area contributed by atoms with Gasteiger partial charge in [-0.1, -0.05) is 6.92 Å². The maximum absolute atomic E-state index is 5.49. The summed E-state index contributed by atoms with van der Waals surface area (Å²) < 4.78 is 5.24. The van der Waals surface area contributed by atoms with Crippen molar-refractivity contribution in [2.24, 2.45) is 5.73 Å². The summed E-state index contributed by atoms with van der Waals surface area (Å²) in [5, 5.41) is 1.30. The van der Waals surface area contributed by atoms with Crippen LogP contribution in [-0.2, 0) is 4.74 Å². The first-order valence-electron chi connectivity index (χ1n) is 3.76. The number of hydrogen-bond acceptors (Lipinski definition) is 3. The van der Waals surface area contributed by atoms with Crippen LogP contribution in [-0.4, -0.2) is 30.3 Å². The summed E-state index contributed by atoms with van der Waals surface area (Å²) in [4.78, 5) is 0. The van der Waals surface area contributed by atoms with E-state index in [1.54, 1.807) is 0 Å². The number of rotatable bonds is 3. The van der Waals surface area contributed by atoms with Crippen LogP contribution in [0, 0.1) is 0 Å². The van der Waals surface area contributed by atoms with Crippen molar-refractivity contribution in [1.29, 1.82) is 0 Å². The Morgan fingerprint density at radius 2 is 2.60 bits per heavy atom. The van der Waals surface area contributed by atoms with E-state index in [0.29, 0.717) is 10.5 Å².